The third-order valence-electron chi connectivity index (χ3n) is 6.05. The van der Waals surface area contributed by atoms with Crippen molar-refractivity contribution in [2.75, 3.05) is 22.5 Å². The van der Waals surface area contributed by atoms with Gasteiger partial charge in [-0.05, 0) is 38.3 Å². The zero-order valence-corrected chi connectivity index (χ0v) is 20.0. The summed E-state index contributed by atoms with van der Waals surface area (Å²) < 4.78 is 0. The largest absolute Gasteiger partial charge is 0.367 e. The molecule has 0 spiro atoms. The maximum Gasteiger partial charge on any atom is 0.256 e. The van der Waals surface area contributed by atoms with Gasteiger partial charge in [-0.1, -0.05) is 50.3 Å². The maximum absolute atomic E-state index is 12.7. The molecular formula is C26H33N7O. The van der Waals surface area contributed by atoms with Crippen molar-refractivity contribution in [1.82, 2.24) is 19.9 Å². The monoisotopic (exact) mass is 459 g/mol. The summed E-state index contributed by atoms with van der Waals surface area (Å²) in [6, 6.07) is 9.58. The molecule has 0 aliphatic heterocycles. The Morgan fingerprint density at radius 2 is 1.85 bits per heavy atom. The standard InChI is InChI=1S/C26H33N7O/c1-3-4-14-27-26-28-16-21(24(33-26)31-20-8-6-5-7-9-20)22-15-23(30-17-29-22)32-25(34)19-12-10-18(2)11-13-19/h10-13,15-17,20H,3-9,14H2,1-2H3,(H2,27,28,31,33)(H,29,30,32,34). The highest BCUT2D eigenvalue weighted by Crippen LogP contribution is 2.29. The molecule has 1 amide bonds. The molecule has 0 radical (unpaired) electrons. The SMILES string of the molecule is CCCCNc1ncc(-c2cc(NC(=O)c3ccc(C)cc3)ncn2)c(NC2CCCCC2)n1. The van der Waals surface area contributed by atoms with Crippen LogP contribution in [0.5, 0.6) is 0 Å². The van der Waals surface area contributed by atoms with Gasteiger partial charge in [-0.15, -0.1) is 0 Å². The summed E-state index contributed by atoms with van der Waals surface area (Å²) in [6.45, 7) is 4.98. The van der Waals surface area contributed by atoms with E-state index < -0.39 is 0 Å². The lowest BCUT2D eigenvalue weighted by atomic mass is 9.95. The van der Waals surface area contributed by atoms with E-state index in [0.29, 0.717) is 29.1 Å². The van der Waals surface area contributed by atoms with E-state index >= 15 is 0 Å². The molecule has 34 heavy (non-hydrogen) atoms. The Morgan fingerprint density at radius 3 is 2.62 bits per heavy atom. The summed E-state index contributed by atoms with van der Waals surface area (Å²) in [7, 11) is 0. The molecule has 3 N–H and O–H groups in total. The van der Waals surface area contributed by atoms with Crippen LogP contribution in [0.3, 0.4) is 0 Å². The molecule has 8 nitrogen and oxygen atoms in total. The molecule has 8 heteroatoms. The van der Waals surface area contributed by atoms with E-state index in [-0.39, 0.29) is 5.91 Å². The van der Waals surface area contributed by atoms with Crippen LogP contribution in [0.15, 0.2) is 42.9 Å². The van der Waals surface area contributed by atoms with E-state index in [0.717, 1.165) is 49.2 Å². The Hall–Kier alpha value is -3.55. The molecule has 1 fully saturated rings. The van der Waals surface area contributed by atoms with Gasteiger partial charge in [0.1, 0.15) is 18.0 Å². The molecule has 0 bridgehead atoms. The lowest BCUT2D eigenvalue weighted by Crippen LogP contribution is -2.23. The molecule has 0 saturated heterocycles. The summed E-state index contributed by atoms with van der Waals surface area (Å²) in [5.74, 6) is 1.59. The number of rotatable bonds is 9. The van der Waals surface area contributed by atoms with Gasteiger partial charge in [0.25, 0.3) is 5.91 Å². The number of unbranched alkanes of at least 4 members (excludes halogenated alkanes) is 1. The molecule has 1 aliphatic carbocycles. The fourth-order valence-electron chi connectivity index (χ4n) is 4.05. The minimum Gasteiger partial charge on any atom is -0.367 e. The van der Waals surface area contributed by atoms with Crippen LogP contribution in [0, 0.1) is 6.92 Å². The Bertz CT molecular complexity index is 1090. The molecule has 1 aromatic carbocycles. The number of benzene rings is 1. The Balaban J connectivity index is 1.57. The highest BCUT2D eigenvalue weighted by atomic mass is 16.1. The molecular weight excluding hydrogens is 426 g/mol. The third kappa shape index (κ3) is 6.27. The fourth-order valence-corrected chi connectivity index (χ4v) is 4.05. The molecule has 178 valence electrons. The van der Waals surface area contributed by atoms with Gasteiger partial charge in [-0.2, -0.15) is 4.98 Å². The number of hydrogen-bond donors (Lipinski definition) is 3. The summed E-state index contributed by atoms with van der Waals surface area (Å²) >= 11 is 0. The van der Waals surface area contributed by atoms with E-state index in [4.69, 9.17) is 4.98 Å². The summed E-state index contributed by atoms with van der Waals surface area (Å²) in [5.41, 5.74) is 3.13. The van der Waals surface area contributed by atoms with Gasteiger partial charge in [0.05, 0.1) is 11.3 Å². The number of nitrogens with zero attached hydrogens (tertiary/aromatic N) is 4. The van der Waals surface area contributed by atoms with E-state index in [2.05, 4.69) is 37.8 Å². The average Bonchev–Trinajstić information content (AvgIpc) is 2.85. The second-order valence-corrected chi connectivity index (χ2v) is 8.82. The molecule has 0 atom stereocenters. The van der Waals surface area contributed by atoms with Gasteiger partial charge in [0, 0.05) is 30.4 Å². The Labute approximate surface area is 201 Å². The smallest absolute Gasteiger partial charge is 0.256 e. The van der Waals surface area contributed by atoms with Crippen LogP contribution in [0.2, 0.25) is 0 Å². The van der Waals surface area contributed by atoms with Gasteiger partial charge in [0.15, 0.2) is 0 Å². The van der Waals surface area contributed by atoms with Crippen LogP contribution in [0.25, 0.3) is 11.3 Å². The predicted molar refractivity (Wildman–Crippen MR) is 136 cm³/mol. The lowest BCUT2D eigenvalue weighted by Gasteiger charge is -2.24. The first-order chi connectivity index (χ1) is 16.6. The van der Waals surface area contributed by atoms with Crippen molar-refractivity contribution in [1.29, 1.82) is 0 Å². The van der Waals surface area contributed by atoms with Crippen LogP contribution in [0.4, 0.5) is 17.6 Å². The van der Waals surface area contributed by atoms with Crippen molar-refractivity contribution in [3.8, 4) is 11.3 Å². The maximum atomic E-state index is 12.7. The van der Waals surface area contributed by atoms with E-state index in [1.54, 1.807) is 24.4 Å². The van der Waals surface area contributed by atoms with Crippen LogP contribution < -0.4 is 16.0 Å². The zero-order valence-electron chi connectivity index (χ0n) is 20.0. The highest BCUT2D eigenvalue weighted by molar-refractivity contribution is 6.04. The number of hydrogen-bond acceptors (Lipinski definition) is 7. The minimum atomic E-state index is -0.211. The van der Waals surface area contributed by atoms with Gasteiger partial charge < -0.3 is 16.0 Å². The number of carbonyl (C=O) groups excluding carboxylic acids is 1. The number of nitrogens with one attached hydrogen (secondary N) is 3. The van der Waals surface area contributed by atoms with Crippen LogP contribution >= 0.6 is 0 Å². The fraction of sp³-hybridized carbons (Fsp3) is 0.423. The number of amides is 1. The van der Waals surface area contributed by atoms with Gasteiger partial charge in [-0.3, -0.25) is 4.79 Å². The summed E-state index contributed by atoms with van der Waals surface area (Å²) in [5, 5.41) is 9.81. The first-order valence-electron chi connectivity index (χ1n) is 12.2. The molecule has 0 unspecified atom stereocenters. The van der Waals surface area contributed by atoms with Crippen LogP contribution in [-0.4, -0.2) is 38.4 Å². The van der Waals surface area contributed by atoms with E-state index in [1.165, 1.54) is 25.6 Å². The third-order valence-corrected chi connectivity index (χ3v) is 6.05. The van der Waals surface area contributed by atoms with Gasteiger partial charge in [0.2, 0.25) is 5.95 Å². The van der Waals surface area contributed by atoms with Crippen molar-refractivity contribution in [3.63, 3.8) is 0 Å². The number of carbonyl (C=O) groups is 1. The van der Waals surface area contributed by atoms with Crippen LogP contribution in [-0.2, 0) is 0 Å². The Kier molecular flexibility index (Phi) is 8.01. The van der Waals surface area contributed by atoms with Crippen molar-refractivity contribution < 1.29 is 4.79 Å². The molecule has 3 aromatic rings. The highest BCUT2D eigenvalue weighted by Gasteiger charge is 2.18. The molecule has 4 rings (SSSR count). The predicted octanol–water partition coefficient (Wildman–Crippen LogP) is 5.45. The van der Waals surface area contributed by atoms with E-state index in [9.17, 15) is 4.79 Å². The number of aromatic nitrogens is 4. The van der Waals surface area contributed by atoms with Crippen LogP contribution in [0.1, 0.15) is 67.8 Å². The second kappa shape index (κ2) is 11.5. The number of aryl methyl sites for hydroxylation is 1. The van der Waals surface area contributed by atoms with Crippen molar-refractivity contribution in [3.05, 3.63) is 54.0 Å². The minimum absolute atomic E-state index is 0.211. The number of anilines is 3. The topological polar surface area (TPSA) is 105 Å². The first kappa shape index (κ1) is 23.6. The van der Waals surface area contributed by atoms with Gasteiger partial charge in [-0.25, -0.2) is 15.0 Å². The molecule has 2 heterocycles. The first-order valence-corrected chi connectivity index (χ1v) is 12.2. The molecule has 1 saturated carbocycles. The molecule has 1 aliphatic rings. The summed E-state index contributed by atoms with van der Waals surface area (Å²) in [6.07, 6.45) is 11.4. The lowest BCUT2D eigenvalue weighted by molar-refractivity contribution is 0.102. The Morgan fingerprint density at radius 1 is 1.06 bits per heavy atom. The average molecular weight is 460 g/mol. The second-order valence-electron chi connectivity index (χ2n) is 8.82. The quantitative estimate of drug-likeness (QED) is 0.365. The van der Waals surface area contributed by atoms with Crippen molar-refractivity contribution in [2.45, 2.75) is 64.8 Å². The van der Waals surface area contributed by atoms with Crippen molar-refractivity contribution in [2.24, 2.45) is 0 Å². The zero-order chi connectivity index (χ0) is 23.8. The van der Waals surface area contributed by atoms with Crippen molar-refractivity contribution >= 4 is 23.5 Å². The molecule has 2 aromatic heterocycles. The normalized spacial score (nSPS) is 13.9. The van der Waals surface area contributed by atoms with E-state index in [1.807, 2.05) is 19.1 Å². The van der Waals surface area contributed by atoms with Gasteiger partial charge >= 0.3 is 0 Å². The summed E-state index contributed by atoms with van der Waals surface area (Å²) in [4.78, 5) is 30.7.